The molecular formula is C29H27ClF2N6O2S. The van der Waals surface area contributed by atoms with Crippen LogP contribution in [0.25, 0.3) is 32.1 Å². The lowest BCUT2D eigenvalue weighted by Gasteiger charge is -2.39. The summed E-state index contributed by atoms with van der Waals surface area (Å²) in [5.74, 6) is -0.743. The van der Waals surface area contributed by atoms with Crippen molar-refractivity contribution in [3.05, 3.63) is 40.4 Å². The first kappa shape index (κ1) is 26.6. The highest BCUT2D eigenvalue weighted by Crippen LogP contribution is 2.46. The van der Waals surface area contributed by atoms with Crippen LogP contribution >= 0.6 is 22.9 Å². The maximum atomic E-state index is 16.7. The van der Waals surface area contributed by atoms with Crippen molar-refractivity contribution < 1.29 is 18.6 Å². The van der Waals surface area contributed by atoms with Gasteiger partial charge in [-0.3, -0.25) is 0 Å². The van der Waals surface area contributed by atoms with Crippen molar-refractivity contribution in [1.82, 2.24) is 15.3 Å². The molecule has 2 unspecified atom stereocenters. The summed E-state index contributed by atoms with van der Waals surface area (Å²) in [5, 5.41) is 24.2. The van der Waals surface area contributed by atoms with Crippen LogP contribution in [0.15, 0.2) is 18.2 Å². The molecule has 8 nitrogen and oxygen atoms in total. The minimum absolute atomic E-state index is 0.000248. The summed E-state index contributed by atoms with van der Waals surface area (Å²) >= 11 is 7.72. The largest absolute Gasteiger partial charge is 0.463 e. The second kappa shape index (κ2) is 9.91. The highest BCUT2D eigenvalue weighted by Gasteiger charge is 2.38. The summed E-state index contributed by atoms with van der Waals surface area (Å²) in [5.41, 5.74) is 6.03. The van der Waals surface area contributed by atoms with Crippen molar-refractivity contribution in [2.24, 2.45) is 5.41 Å². The molecule has 3 fully saturated rings. The lowest BCUT2D eigenvalue weighted by atomic mass is 9.70. The van der Waals surface area contributed by atoms with Crippen LogP contribution in [0.1, 0.15) is 37.7 Å². The number of aromatic nitrogens is 2. The van der Waals surface area contributed by atoms with Gasteiger partial charge in [-0.15, -0.1) is 11.3 Å². The van der Waals surface area contributed by atoms with Crippen molar-refractivity contribution in [2.45, 2.75) is 44.2 Å². The van der Waals surface area contributed by atoms with Gasteiger partial charge in [0.2, 0.25) is 0 Å². The van der Waals surface area contributed by atoms with Crippen LogP contribution in [0.2, 0.25) is 5.02 Å². The molecule has 1 saturated carbocycles. The van der Waals surface area contributed by atoms with E-state index in [4.69, 9.17) is 27.1 Å². The van der Waals surface area contributed by atoms with Gasteiger partial charge in [0.05, 0.1) is 28.5 Å². The lowest BCUT2D eigenvalue weighted by molar-refractivity contribution is -0.00263. The first-order chi connectivity index (χ1) is 19.8. The van der Waals surface area contributed by atoms with Crippen molar-refractivity contribution in [1.29, 1.82) is 5.26 Å². The van der Waals surface area contributed by atoms with Gasteiger partial charge in [0.15, 0.2) is 5.82 Å². The first-order valence-corrected chi connectivity index (χ1v) is 14.9. The fourth-order valence-corrected chi connectivity index (χ4v) is 7.68. The Labute approximate surface area is 243 Å². The molecular weight excluding hydrogens is 570 g/mol. The fraction of sp³-hybridized carbons (Fsp3) is 0.414. The highest BCUT2D eigenvalue weighted by atomic mass is 35.5. The molecule has 3 aliphatic rings. The molecule has 2 atom stereocenters. The Hall–Kier alpha value is -3.30. The molecule has 4 aromatic rings. The van der Waals surface area contributed by atoms with E-state index in [9.17, 15) is 14.8 Å². The number of aliphatic hydroxyl groups is 1. The average molecular weight is 597 g/mol. The third kappa shape index (κ3) is 4.27. The van der Waals surface area contributed by atoms with E-state index in [2.05, 4.69) is 15.2 Å². The number of benzene rings is 2. The van der Waals surface area contributed by atoms with Gasteiger partial charge in [0.25, 0.3) is 0 Å². The van der Waals surface area contributed by atoms with Crippen LogP contribution in [0.4, 0.5) is 19.6 Å². The summed E-state index contributed by atoms with van der Waals surface area (Å²) in [6, 6.07) is 6.92. The van der Waals surface area contributed by atoms with Crippen molar-refractivity contribution in [3.8, 4) is 23.2 Å². The summed E-state index contributed by atoms with van der Waals surface area (Å²) in [4.78, 5) is 11.4. The molecule has 2 aliphatic heterocycles. The number of thiophene rings is 1. The van der Waals surface area contributed by atoms with E-state index in [-0.39, 0.29) is 67.0 Å². The number of ether oxygens (including phenoxy) is 1. The Morgan fingerprint density at radius 1 is 1.24 bits per heavy atom. The van der Waals surface area contributed by atoms with Crippen LogP contribution in [-0.2, 0) is 0 Å². The molecule has 12 heteroatoms. The number of fused-ring (bicyclic) bond motifs is 4. The Morgan fingerprint density at radius 2 is 2.00 bits per heavy atom. The number of piperazine rings is 1. The molecule has 0 radical (unpaired) electrons. The zero-order chi connectivity index (χ0) is 28.5. The summed E-state index contributed by atoms with van der Waals surface area (Å²) in [7, 11) is 0. The van der Waals surface area contributed by atoms with Gasteiger partial charge >= 0.3 is 6.01 Å². The fourth-order valence-electron chi connectivity index (χ4n) is 6.43. The normalized spacial score (nSPS) is 21.3. The molecule has 41 heavy (non-hydrogen) atoms. The number of hydrogen-bond acceptors (Lipinski definition) is 9. The summed E-state index contributed by atoms with van der Waals surface area (Å²) in [6.45, 7) is 1.61. The van der Waals surface area contributed by atoms with Crippen molar-refractivity contribution >= 4 is 54.7 Å². The van der Waals surface area contributed by atoms with E-state index >= 15 is 4.39 Å². The summed E-state index contributed by atoms with van der Waals surface area (Å²) in [6.07, 6.45) is 4.79. The predicted octanol–water partition coefficient (Wildman–Crippen LogP) is 5.38. The number of halogens is 3. The van der Waals surface area contributed by atoms with Crippen LogP contribution in [0, 0.1) is 28.4 Å². The SMILES string of the molecule is N#Cc1c(N)sc2c(F)ccc(-c3c(Cl)cc4c(N5CC6CCC(C5)N6)nc(OCC5(CO)CCC5)nc4c3F)c12. The highest BCUT2D eigenvalue weighted by molar-refractivity contribution is 7.23. The Morgan fingerprint density at radius 3 is 2.66 bits per heavy atom. The van der Waals surface area contributed by atoms with Crippen LogP contribution in [0.3, 0.4) is 0 Å². The average Bonchev–Trinajstić information content (AvgIpc) is 3.47. The minimum Gasteiger partial charge on any atom is -0.463 e. The molecule has 7 rings (SSSR count). The molecule has 2 aromatic heterocycles. The third-order valence-corrected chi connectivity index (χ3v) is 10.1. The van der Waals surface area contributed by atoms with Crippen LogP contribution < -0.4 is 20.7 Å². The van der Waals surface area contributed by atoms with Gasteiger partial charge in [-0.05, 0) is 43.4 Å². The van der Waals surface area contributed by atoms with E-state index in [0.29, 0.717) is 36.4 Å². The molecule has 212 valence electrons. The van der Waals surface area contributed by atoms with E-state index in [0.717, 1.165) is 43.4 Å². The molecule has 0 amide bonds. The number of nitrogen functional groups attached to an aromatic ring is 1. The molecule has 4 heterocycles. The van der Waals surface area contributed by atoms with Gasteiger partial charge in [-0.1, -0.05) is 24.1 Å². The zero-order valence-electron chi connectivity index (χ0n) is 22.0. The maximum absolute atomic E-state index is 16.7. The van der Waals surface area contributed by atoms with Gasteiger partial charge in [-0.25, -0.2) is 8.78 Å². The van der Waals surface area contributed by atoms with E-state index in [1.807, 2.05) is 6.07 Å². The number of nitrogens with one attached hydrogen (secondary N) is 1. The minimum atomic E-state index is -0.721. The molecule has 4 N–H and O–H groups in total. The molecule has 2 bridgehead atoms. The van der Waals surface area contributed by atoms with Gasteiger partial charge in [0.1, 0.15) is 28.2 Å². The Bertz CT molecular complexity index is 1740. The van der Waals surface area contributed by atoms with E-state index < -0.39 is 11.6 Å². The third-order valence-electron chi connectivity index (χ3n) is 8.81. The van der Waals surface area contributed by atoms with Crippen LogP contribution in [-0.4, -0.2) is 53.5 Å². The quantitative estimate of drug-likeness (QED) is 0.271. The second-order valence-corrected chi connectivity index (χ2v) is 12.8. The Kier molecular flexibility index (Phi) is 6.43. The maximum Gasteiger partial charge on any atom is 0.319 e. The number of rotatable bonds is 6. The number of aliphatic hydroxyl groups excluding tert-OH is 1. The zero-order valence-corrected chi connectivity index (χ0v) is 23.6. The number of nitriles is 1. The van der Waals surface area contributed by atoms with E-state index in [1.54, 1.807) is 6.07 Å². The molecule has 2 saturated heterocycles. The monoisotopic (exact) mass is 596 g/mol. The number of anilines is 2. The second-order valence-electron chi connectivity index (χ2n) is 11.4. The van der Waals surface area contributed by atoms with E-state index in [1.165, 1.54) is 12.1 Å². The van der Waals surface area contributed by atoms with Gasteiger partial charge in [-0.2, -0.15) is 15.2 Å². The van der Waals surface area contributed by atoms with Crippen molar-refractivity contribution in [3.63, 3.8) is 0 Å². The molecule has 1 aliphatic carbocycles. The summed E-state index contributed by atoms with van der Waals surface area (Å²) < 4.78 is 37.6. The first-order valence-electron chi connectivity index (χ1n) is 13.7. The molecule has 2 aromatic carbocycles. The smallest absolute Gasteiger partial charge is 0.319 e. The predicted molar refractivity (Wildman–Crippen MR) is 155 cm³/mol. The van der Waals surface area contributed by atoms with Gasteiger partial charge in [0, 0.05) is 46.9 Å². The topological polar surface area (TPSA) is 120 Å². The number of nitrogens with zero attached hydrogens (tertiary/aromatic N) is 4. The van der Waals surface area contributed by atoms with Crippen LogP contribution in [0.5, 0.6) is 6.01 Å². The Balaban J connectivity index is 1.42. The standard InChI is InChI=1S/C29H27ClF2N6O2S/c30-19-8-17-24(23(32)22(19)16-4-5-20(31)25-21(16)18(9-33)26(34)41-25)36-28(40-13-29(12-39)6-1-7-29)37-27(17)38-10-14-2-3-15(11-38)35-14/h4-5,8,14-15,35,39H,1-3,6-7,10-13,34H2. The number of nitrogens with two attached hydrogens (primary N) is 1. The lowest BCUT2D eigenvalue weighted by Crippen LogP contribution is -2.51. The van der Waals surface area contributed by atoms with Gasteiger partial charge < -0.3 is 25.8 Å². The van der Waals surface area contributed by atoms with Crippen molar-refractivity contribution in [2.75, 3.05) is 36.9 Å². The number of hydrogen-bond donors (Lipinski definition) is 3. The molecule has 0 spiro atoms.